The number of nitrogens with two attached hydrogens (primary N) is 1. The Bertz CT molecular complexity index is 432. The van der Waals surface area contributed by atoms with E-state index < -0.39 is 0 Å². The Hall–Kier alpha value is -1.81. The number of carbonyl (C=O) groups excluding carboxylic acids is 1. The molecule has 4 nitrogen and oxygen atoms in total. The molecule has 1 aromatic rings. The Kier molecular flexibility index (Phi) is 3.99. The number of rotatable bonds is 2. The lowest BCUT2D eigenvalue weighted by Crippen LogP contribution is -2.39. The highest BCUT2D eigenvalue weighted by Crippen LogP contribution is 2.11. The summed E-state index contributed by atoms with van der Waals surface area (Å²) in [6.45, 7) is 1.26. The summed E-state index contributed by atoms with van der Waals surface area (Å²) in [6.07, 6.45) is 4.44. The molecule has 0 aliphatic carbocycles. The van der Waals surface area contributed by atoms with Gasteiger partial charge in [0.15, 0.2) is 0 Å². The van der Waals surface area contributed by atoms with Gasteiger partial charge in [0.05, 0.1) is 6.10 Å². The van der Waals surface area contributed by atoms with Crippen LogP contribution >= 0.6 is 0 Å². The van der Waals surface area contributed by atoms with Gasteiger partial charge in [-0.2, -0.15) is 0 Å². The van der Waals surface area contributed by atoms with E-state index in [1.165, 1.54) is 0 Å². The van der Waals surface area contributed by atoms with E-state index in [-0.39, 0.29) is 12.0 Å². The number of aliphatic hydroxyl groups is 1. The number of piperidine rings is 1. The van der Waals surface area contributed by atoms with Crippen molar-refractivity contribution in [3.63, 3.8) is 0 Å². The molecule has 0 spiro atoms. The number of anilines is 1. The van der Waals surface area contributed by atoms with Crippen LogP contribution in [-0.4, -0.2) is 35.1 Å². The normalized spacial score (nSPS) is 17.3. The third-order valence-electron chi connectivity index (χ3n) is 3.13. The Morgan fingerprint density at radius 2 is 1.89 bits per heavy atom. The van der Waals surface area contributed by atoms with E-state index in [9.17, 15) is 9.90 Å². The van der Waals surface area contributed by atoms with Crippen molar-refractivity contribution in [2.75, 3.05) is 18.8 Å². The van der Waals surface area contributed by atoms with E-state index in [1.807, 2.05) is 12.1 Å². The minimum atomic E-state index is -0.255. The Morgan fingerprint density at radius 1 is 1.28 bits per heavy atom. The average Bonchev–Trinajstić information content (AvgIpc) is 2.38. The fourth-order valence-corrected chi connectivity index (χ4v) is 1.97. The number of benzene rings is 1. The van der Waals surface area contributed by atoms with Crippen LogP contribution in [-0.2, 0) is 4.79 Å². The van der Waals surface area contributed by atoms with E-state index in [4.69, 9.17) is 5.73 Å². The molecule has 1 fully saturated rings. The quantitative estimate of drug-likeness (QED) is 0.610. The maximum Gasteiger partial charge on any atom is 0.246 e. The highest BCUT2D eigenvalue weighted by atomic mass is 16.3. The molecule has 1 aromatic carbocycles. The first kappa shape index (κ1) is 12.6. The summed E-state index contributed by atoms with van der Waals surface area (Å²) < 4.78 is 0. The molecule has 0 unspecified atom stereocenters. The molecular formula is C14H18N2O2. The summed E-state index contributed by atoms with van der Waals surface area (Å²) in [4.78, 5) is 13.6. The standard InChI is InChI=1S/C14H18N2O2/c15-12-4-1-11(2-5-12)3-6-14(18)16-9-7-13(17)8-10-16/h1-6,13,17H,7-10,15H2/b6-3+. The molecular weight excluding hydrogens is 228 g/mol. The third-order valence-corrected chi connectivity index (χ3v) is 3.13. The van der Waals surface area contributed by atoms with Crippen molar-refractivity contribution in [1.29, 1.82) is 0 Å². The summed E-state index contributed by atoms with van der Waals surface area (Å²) in [5.74, 6) is -0.00118. The summed E-state index contributed by atoms with van der Waals surface area (Å²) in [5, 5.41) is 9.37. The number of hydrogen-bond acceptors (Lipinski definition) is 3. The van der Waals surface area contributed by atoms with Crippen LogP contribution in [0.15, 0.2) is 30.3 Å². The molecule has 4 heteroatoms. The van der Waals surface area contributed by atoms with Crippen LogP contribution in [0.5, 0.6) is 0 Å². The predicted molar refractivity (Wildman–Crippen MR) is 71.7 cm³/mol. The summed E-state index contributed by atoms with van der Waals surface area (Å²) in [5.41, 5.74) is 7.25. The molecule has 0 atom stereocenters. The van der Waals surface area contributed by atoms with E-state index in [1.54, 1.807) is 29.2 Å². The molecule has 1 aliphatic heterocycles. The Balaban J connectivity index is 1.92. The Labute approximate surface area is 107 Å². The number of aliphatic hydroxyl groups excluding tert-OH is 1. The van der Waals surface area contributed by atoms with Gasteiger partial charge < -0.3 is 15.7 Å². The van der Waals surface area contributed by atoms with Crippen molar-refractivity contribution in [3.8, 4) is 0 Å². The summed E-state index contributed by atoms with van der Waals surface area (Å²) >= 11 is 0. The molecule has 18 heavy (non-hydrogen) atoms. The first-order chi connectivity index (χ1) is 8.65. The van der Waals surface area contributed by atoms with E-state index >= 15 is 0 Å². The largest absolute Gasteiger partial charge is 0.399 e. The maximum absolute atomic E-state index is 11.9. The van der Waals surface area contributed by atoms with Crippen LogP contribution in [0.25, 0.3) is 6.08 Å². The van der Waals surface area contributed by atoms with Crippen LogP contribution in [0.1, 0.15) is 18.4 Å². The zero-order valence-electron chi connectivity index (χ0n) is 10.2. The van der Waals surface area contributed by atoms with Crippen LogP contribution in [0.4, 0.5) is 5.69 Å². The zero-order chi connectivity index (χ0) is 13.0. The molecule has 1 heterocycles. The lowest BCUT2D eigenvalue weighted by Gasteiger charge is -2.28. The minimum Gasteiger partial charge on any atom is -0.399 e. The van der Waals surface area contributed by atoms with Gasteiger partial charge in [-0.25, -0.2) is 0 Å². The molecule has 0 aromatic heterocycles. The van der Waals surface area contributed by atoms with Crippen molar-refractivity contribution < 1.29 is 9.90 Å². The summed E-state index contributed by atoms with van der Waals surface area (Å²) in [7, 11) is 0. The average molecular weight is 246 g/mol. The van der Waals surface area contributed by atoms with Crippen molar-refractivity contribution in [3.05, 3.63) is 35.9 Å². The fourth-order valence-electron chi connectivity index (χ4n) is 1.97. The predicted octanol–water partition coefficient (Wildman–Crippen LogP) is 1.27. The smallest absolute Gasteiger partial charge is 0.246 e. The van der Waals surface area contributed by atoms with Gasteiger partial charge in [0.1, 0.15) is 0 Å². The second-order valence-corrected chi connectivity index (χ2v) is 4.56. The van der Waals surface area contributed by atoms with Crippen molar-refractivity contribution >= 4 is 17.7 Å². The zero-order valence-corrected chi connectivity index (χ0v) is 10.2. The van der Waals surface area contributed by atoms with E-state index in [0.717, 1.165) is 5.56 Å². The molecule has 96 valence electrons. The van der Waals surface area contributed by atoms with Crippen molar-refractivity contribution in [2.24, 2.45) is 0 Å². The number of amides is 1. The van der Waals surface area contributed by atoms with Crippen LogP contribution in [0.3, 0.4) is 0 Å². The highest BCUT2D eigenvalue weighted by Gasteiger charge is 2.19. The van der Waals surface area contributed by atoms with Gasteiger partial charge in [0.2, 0.25) is 5.91 Å². The Morgan fingerprint density at radius 3 is 2.50 bits per heavy atom. The topological polar surface area (TPSA) is 66.6 Å². The molecule has 3 N–H and O–H groups in total. The van der Waals surface area contributed by atoms with Gasteiger partial charge in [-0.3, -0.25) is 4.79 Å². The number of carbonyl (C=O) groups is 1. The monoisotopic (exact) mass is 246 g/mol. The fraction of sp³-hybridized carbons (Fsp3) is 0.357. The van der Waals surface area contributed by atoms with Gasteiger partial charge in [0, 0.05) is 24.9 Å². The minimum absolute atomic E-state index is 0.00118. The highest BCUT2D eigenvalue weighted by molar-refractivity contribution is 5.91. The second-order valence-electron chi connectivity index (χ2n) is 4.56. The molecule has 1 amide bonds. The molecule has 0 radical (unpaired) electrons. The SMILES string of the molecule is Nc1ccc(/C=C/C(=O)N2CCC(O)CC2)cc1. The molecule has 0 bridgehead atoms. The van der Waals surface area contributed by atoms with Crippen molar-refractivity contribution in [1.82, 2.24) is 4.90 Å². The van der Waals surface area contributed by atoms with E-state index in [0.29, 0.717) is 31.6 Å². The van der Waals surface area contributed by atoms with Crippen LogP contribution < -0.4 is 5.73 Å². The molecule has 0 saturated carbocycles. The first-order valence-corrected chi connectivity index (χ1v) is 6.16. The maximum atomic E-state index is 11.9. The van der Waals surface area contributed by atoms with Gasteiger partial charge >= 0.3 is 0 Å². The van der Waals surface area contributed by atoms with Gasteiger partial charge in [-0.1, -0.05) is 12.1 Å². The number of nitrogen functional groups attached to an aromatic ring is 1. The third kappa shape index (κ3) is 3.34. The number of hydrogen-bond donors (Lipinski definition) is 2. The lowest BCUT2D eigenvalue weighted by molar-refractivity contribution is -0.127. The molecule has 1 aliphatic rings. The van der Waals surface area contributed by atoms with Crippen LogP contribution in [0, 0.1) is 0 Å². The summed E-state index contributed by atoms with van der Waals surface area (Å²) in [6, 6.07) is 7.36. The van der Waals surface area contributed by atoms with E-state index in [2.05, 4.69) is 0 Å². The number of nitrogens with zero attached hydrogens (tertiary/aromatic N) is 1. The first-order valence-electron chi connectivity index (χ1n) is 6.16. The second kappa shape index (κ2) is 5.69. The van der Waals surface area contributed by atoms with Crippen molar-refractivity contribution in [2.45, 2.75) is 18.9 Å². The number of likely N-dealkylation sites (tertiary alicyclic amines) is 1. The molecule has 1 saturated heterocycles. The lowest BCUT2D eigenvalue weighted by atomic mass is 10.1. The van der Waals surface area contributed by atoms with Gasteiger partial charge in [-0.15, -0.1) is 0 Å². The van der Waals surface area contributed by atoms with Gasteiger partial charge in [0.25, 0.3) is 0 Å². The molecule has 2 rings (SSSR count). The van der Waals surface area contributed by atoms with Crippen LogP contribution in [0.2, 0.25) is 0 Å². The van der Waals surface area contributed by atoms with Gasteiger partial charge in [-0.05, 0) is 36.6 Å².